The van der Waals surface area contributed by atoms with Crippen LogP contribution in [0.4, 0.5) is 5.69 Å². The summed E-state index contributed by atoms with van der Waals surface area (Å²) in [5, 5.41) is 2.97. The Morgan fingerprint density at radius 2 is 1.58 bits per heavy atom. The number of thioether (sulfide) groups is 1. The third kappa shape index (κ3) is 5.74. The molecule has 0 spiro atoms. The van der Waals surface area contributed by atoms with Crippen LogP contribution >= 0.6 is 11.8 Å². The number of hydrogen-bond donors (Lipinski definition) is 1. The Hall–Kier alpha value is -4.09. The van der Waals surface area contributed by atoms with E-state index in [2.05, 4.69) is 43.4 Å². The van der Waals surface area contributed by atoms with Crippen LogP contribution in [0.25, 0.3) is 6.08 Å². The largest absolute Gasteiger partial charge is 0.348 e. The van der Waals surface area contributed by atoms with Gasteiger partial charge in [0.25, 0.3) is 11.8 Å². The van der Waals surface area contributed by atoms with Crippen LogP contribution in [0.1, 0.15) is 43.7 Å². The number of rotatable bonds is 6. The highest BCUT2D eigenvalue weighted by Crippen LogP contribution is 2.42. The summed E-state index contributed by atoms with van der Waals surface area (Å²) in [6, 6.07) is 29.9. The molecule has 0 aromatic heterocycles. The van der Waals surface area contributed by atoms with Gasteiger partial charge in [-0.1, -0.05) is 89.6 Å². The Balaban J connectivity index is 1.34. The molecule has 5 rings (SSSR count). The Labute approximate surface area is 228 Å². The zero-order chi connectivity index (χ0) is 26.6. The summed E-state index contributed by atoms with van der Waals surface area (Å²) >= 11 is 1.49. The van der Waals surface area contributed by atoms with Gasteiger partial charge in [0, 0.05) is 17.0 Å². The fourth-order valence-corrected chi connectivity index (χ4v) is 5.49. The molecule has 38 heavy (non-hydrogen) atoms. The predicted molar refractivity (Wildman–Crippen MR) is 156 cm³/mol. The van der Waals surface area contributed by atoms with Crippen LogP contribution < -0.4 is 10.2 Å². The van der Waals surface area contributed by atoms with E-state index in [1.807, 2.05) is 72.5 Å². The summed E-state index contributed by atoms with van der Waals surface area (Å²) in [7, 11) is 0. The van der Waals surface area contributed by atoms with Crippen molar-refractivity contribution < 1.29 is 9.59 Å². The first-order chi connectivity index (χ1) is 18.4. The molecular weight excluding hydrogens is 488 g/mol. The lowest BCUT2D eigenvalue weighted by molar-refractivity contribution is -0.114. The molecule has 1 aliphatic rings. The van der Waals surface area contributed by atoms with Crippen molar-refractivity contribution in [3.8, 4) is 0 Å². The standard InChI is InChI=1S/C33H30N2O2S/c1-22-9-12-26(13-10-22)20-34-32(36)27-16-14-25(15-17-27)19-31-33(37)35(29-6-4-5-7-30(29)38-31)21-28-18-23(2)8-11-24(28)3/h4-19H,20-21H2,1-3H3,(H,34,36)/b31-19-. The number of fused-ring (bicyclic) bond motifs is 1. The summed E-state index contributed by atoms with van der Waals surface area (Å²) in [6.45, 7) is 7.19. The molecule has 0 fully saturated rings. The van der Waals surface area contributed by atoms with Crippen LogP contribution in [0.5, 0.6) is 0 Å². The monoisotopic (exact) mass is 518 g/mol. The normalized spacial score (nSPS) is 13.9. The number of carbonyl (C=O) groups is 2. The molecule has 1 aliphatic heterocycles. The molecule has 5 heteroatoms. The molecule has 4 nitrogen and oxygen atoms in total. The first-order valence-electron chi connectivity index (χ1n) is 12.7. The van der Waals surface area contributed by atoms with Gasteiger partial charge in [0.15, 0.2) is 0 Å². The third-order valence-corrected chi connectivity index (χ3v) is 7.79. The molecule has 4 aromatic carbocycles. The van der Waals surface area contributed by atoms with Gasteiger partial charge < -0.3 is 10.2 Å². The summed E-state index contributed by atoms with van der Waals surface area (Å²) in [4.78, 5) is 29.9. The molecule has 0 saturated carbocycles. The van der Waals surface area contributed by atoms with E-state index < -0.39 is 0 Å². The average Bonchev–Trinajstić information content (AvgIpc) is 2.93. The maximum Gasteiger partial charge on any atom is 0.265 e. The van der Waals surface area contributed by atoms with E-state index in [0.717, 1.165) is 27.3 Å². The predicted octanol–water partition coefficient (Wildman–Crippen LogP) is 7.22. The lowest BCUT2D eigenvalue weighted by atomic mass is 10.0. The highest BCUT2D eigenvalue weighted by Gasteiger charge is 2.29. The van der Waals surface area contributed by atoms with E-state index in [9.17, 15) is 9.59 Å². The molecule has 1 heterocycles. The minimum absolute atomic E-state index is 0.0190. The Kier molecular flexibility index (Phi) is 7.47. The van der Waals surface area contributed by atoms with Crippen molar-refractivity contribution in [2.24, 2.45) is 0 Å². The maximum absolute atomic E-state index is 13.7. The van der Waals surface area contributed by atoms with Crippen molar-refractivity contribution in [3.63, 3.8) is 0 Å². The molecule has 0 bridgehead atoms. The smallest absolute Gasteiger partial charge is 0.265 e. The molecule has 0 unspecified atom stereocenters. The van der Waals surface area contributed by atoms with Gasteiger partial charge in [-0.25, -0.2) is 0 Å². The summed E-state index contributed by atoms with van der Waals surface area (Å²) in [5.41, 5.74) is 8.13. The van der Waals surface area contributed by atoms with Crippen molar-refractivity contribution in [1.82, 2.24) is 5.32 Å². The van der Waals surface area contributed by atoms with Gasteiger partial charge in [-0.2, -0.15) is 0 Å². The van der Waals surface area contributed by atoms with Gasteiger partial charge in [-0.3, -0.25) is 9.59 Å². The number of carbonyl (C=O) groups excluding carboxylic acids is 2. The lowest BCUT2D eigenvalue weighted by Gasteiger charge is -2.31. The van der Waals surface area contributed by atoms with Gasteiger partial charge >= 0.3 is 0 Å². The maximum atomic E-state index is 13.7. The quantitative estimate of drug-likeness (QED) is 0.274. The number of nitrogens with one attached hydrogen (secondary N) is 1. The van der Waals surface area contributed by atoms with Crippen LogP contribution in [-0.4, -0.2) is 11.8 Å². The second kappa shape index (κ2) is 11.1. The fourth-order valence-electron chi connectivity index (χ4n) is 4.43. The van der Waals surface area contributed by atoms with E-state index in [-0.39, 0.29) is 11.8 Å². The molecule has 0 aliphatic carbocycles. The number of anilines is 1. The topological polar surface area (TPSA) is 49.4 Å². The van der Waals surface area contributed by atoms with Crippen molar-refractivity contribution >= 4 is 35.3 Å². The summed E-state index contributed by atoms with van der Waals surface area (Å²) in [6.07, 6.45) is 1.91. The van der Waals surface area contributed by atoms with Gasteiger partial charge in [-0.15, -0.1) is 0 Å². The van der Waals surface area contributed by atoms with Crippen LogP contribution in [-0.2, 0) is 17.9 Å². The number of amides is 2. The van der Waals surface area contributed by atoms with E-state index in [0.29, 0.717) is 23.6 Å². The first kappa shape index (κ1) is 25.6. The van der Waals surface area contributed by atoms with Gasteiger partial charge in [0.1, 0.15) is 0 Å². The van der Waals surface area contributed by atoms with E-state index in [1.165, 1.54) is 28.5 Å². The second-order valence-electron chi connectivity index (χ2n) is 9.69. The Morgan fingerprint density at radius 1 is 0.868 bits per heavy atom. The third-order valence-electron chi connectivity index (χ3n) is 6.71. The molecule has 4 aromatic rings. The minimum atomic E-state index is -0.124. The molecule has 0 radical (unpaired) electrons. The van der Waals surface area contributed by atoms with Crippen LogP contribution in [0.15, 0.2) is 101 Å². The Bertz CT molecular complexity index is 1520. The molecule has 0 saturated heterocycles. The number of benzene rings is 4. The van der Waals surface area contributed by atoms with Crippen LogP contribution in [0.2, 0.25) is 0 Å². The van der Waals surface area contributed by atoms with Crippen molar-refractivity contribution in [2.45, 2.75) is 38.8 Å². The minimum Gasteiger partial charge on any atom is -0.348 e. The van der Waals surface area contributed by atoms with E-state index in [1.54, 1.807) is 12.1 Å². The zero-order valence-corrected chi connectivity index (χ0v) is 22.6. The molecule has 1 N–H and O–H groups in total. The molecule has 0 atom stereocenters. The average molecular weight is 519 g/mol. The number of para-hydroxylation sites is 1. The van der Waals surface area contributed by atoms with E-state index >= 15 is 0 Å². The first-order valence-corrected chi connectivity index (χ1v) is 13.5. The number of hydrogen-bond acceptors (Lipinski definition) is 3. The number of nitrogens with zero attached hydrogens (tertiary/aromatic N) is 1. The van der Waals surface area contributed by atoms with Gasteiger partial charge in [0.05, 0.1) is 17.1 Å². The van der Waals surface area contributed by atoms with Crippen molar-refractivity contribution in [1.29, 1.82) is 0 Å². The number of aryl methyl sites for hydroxylation is 3. The van der Waals surface area contributed by atoms with Crippen LogP contribution in [0.3, 0.4) is 0 Å². The van der Waals surface area contributed by atoms with Crippen LogP contribution in [0, 0.1) is 20.8 Å². The lowest BCUT2D eigenvalue weighted by Crippen LogP contribution is -2.34. The van der Waals surface area contributed by atoms with Gasteiger partial charge in [-0.05, 0) is 73.4 Å². The SMILES string of the molecule is Cc1ccc(CNC(=O)c2ccc(/C=C3\Sc4ccccc4N(Cc4cc(C)ccc4C)C3=O)cc2)cc1. The van der Waals surface area contributed by atoms with E-state index in [4.69, 9.17) is 0 Å². The second-order valence-corrected chi connectivity index (χ2v) is 10.8. The summed E-state index contributed by atoms with van der Waals surface area (Å²) in [5.74, 6) is -0.143. The zero-order valence-electron chi connectivity index (χ0n) is 21.8. The molecule has 190 valence electrons. The van der Waals surface area contributed by atoms with Crippen molar-refractivity contribution in [2.75, 3.05) is 4.90 Å². The molecular formula is C33H30N2O2S. The van der Waals surface area contributed by atoms with Gasteiger partial charge in [0.2, 0.25) is 0 Å². The highest BCUT2D eigenvalue weighted by atomic mass is 32.2. The Morgan fingerprint density at radius 3 is 2.34 bits per heavy atom. The van der Waals surface area contributed by atoms with Crippen molar-refractivity contribution in [3.05, 3.63) is 135 Å². The fraction of sp³-hybridized carbons (Fsp3) is 0.152. The highest BCUT2D eigenvalue weighted by molar-refractivity contribution is 8.04. The molecule has 2 amide bonds. The summed E-state index contributed by atoms with van der Waals surface area (Å²) < 4.78 is 0.